The summed E-state index contributed by atoms with van der Waals surface area (Å²) in [4.78, 5) is 12.2. The quantitative estimate of drug-likeness (QED) is 0.829. The standard InChI is InChI=1S/C12H19FN4O/c1-2-17(12-14-7-10(13)8-15-12)6-5-16-4-3-11(18)9-16/h7-8,11,18H,2-6,9H2,1H3. The van der Waals surface area contributed by atoms with Crippen LogP contribution in [0.5, 0.6) is 0 Å². The summed E-state index contributed by atoms with van der Waals surface area (Å²) in [6, 6.07) is 0. The largest absolute Gasteiger partial charge is 0.392 e. The molecule has 6 heteroatoms. The number of halogens is 1. The van der Waals surface area contributed by atoms with Crippen LogP contribution in [0.15, 0.2) is 12.4 Å². The van der Waals surface area contributed by atoms with Crippen LogP contribution < -0.4 is 4.90 Å². The second-order valence-corrected chi connectivity index (χ2v) is 4.52. The molecule has 1 aromatic rings. The topological polar surface area (TPSA) is 52.5 Å². The first-order valence-electron chi connectivity index (χ1n) is 6.32. The van der Waals surface area contributed by atoms with Crippen LogP contribution in [0.3, 0.4) is 0 Å². The summed E-state index contributed by atoms with van der Waals surface area (Å²) in [6.07, 6.45) is 3.02. The van der Waals surface area contributed by atoms with Gasteiger partial charge < -0.3 is 10.0 Å². The van der Waals surface area contributed by atoms with Crippen molar-refractivity contribution in [2.75, 3.05) is 37.6 Å². The van der Waals surface area contributed by atoms with E-state index >= 15 is 0 Å². The zero-order chi connectivity index (χ0) is 13.0. The number of nitrogens with zero attached hydrogens (tertiary/aromatic N) is 4. The van der Waals surface area contributed by atoms with E-state index < -0.39 is 5.82 Å². The van der Waals surface area contributed by atoms with Crippen LogP contribution in [-0.4, -0.2) is 58.8 Å². The average Bonchev–Trinajstić information content (AvgIpc) is 2.78. The van der Waals surface area contributed by atoms with Gasteiger partial charge in [0.25, 0.3) is 0 Å². The maximum atomic E-state index is 12.7. The molecule has 1 saturated heterocycles. The molecule has 1 fully saturated rings. The third kappa shape index (κ3) is 3.36. The molecule has 100 valence electrons. The van der Waals surface area contributed by atoms with E-state index in [0.717, 1.165) is 39.1 Å². The Kier molecular flexibility index (Phi) is 4.43. The fraction of sp³-hybridized carbons (Fsp3) is 0.667. The Hall–Kier alpha value is -1.27. The van der Waals surface area contributed by atoms with Crippen LogP contribution in [0, 0.1) is 5.82 Å². The maximum Gasteiger partial charge on any atom is 0.225 e. The lowest BCUT2D eigenvalue weighted by Crippen LogP contribution is -2.35. The van der Waals surface area contributed by atoms with Gasteiger partial charge in [-0.3, -0.25) is 4.90 Å². The van der Waals surface area contributed by atoms with Crippen molar-refractivity contribution in [2.45, 2.75) is 19.4 Å². The molecule has 5 nitrogen and oxygen atoms in total. The highest BCUT2D eigenvalue weighted by Gasteiger charge is 2.20. The van der Waals surface area contributed by atoms with Gasteiger partial charge in [0.05, 0.1) is 18.5 Å². The summed E-state index contributed by atoms with van der Waals surface area (Å²) >= 11 is 0. The molecule has 0 saturated carbocycles. The fourth-order valence-electron chi connectivity index (χ4n) is 2.15. The molecule has 1 N–H and O–H groups in total. The molecule has 18 heavy (non-hydrogen) atoms. The van der Waals surface area contributed by atoms with Crippen molar-refractivity contribution >= 4 is 5.95 Å². The Morgan fingerprint density at radius 1 is 1.50 bits per heavy atom. The van der Waals surface area contributed by atoms with Crippen LogP contribution in [0.1, 0.15) is 13.3 Å². The van der Waals surface area contributed by atoms with E-state index in [9.17, 15) is 9.50 Å². The summed E-state index contributed by atoms with van der Waals surface area (Å²) in [6.45, 7) is 6.12. The molecule has 1 aliphatic rings. The molecule has 1 unspecified atom stereocenters. The highest BCUT2D eigenvalue weighted by molar-refractivity contribution is 5.27. The Balaban J connectivity index is 1.87. The summed E-state index contributed by atoms with van der Waals surface area (Å²) in [5, 5.41) is 9.45. The van der Waals surface area contributed by atoms with Crippen molar-refractivity contribution < 1.29 is 9.50 Å². The van der Waals surface area contributed by atoms with Crippen molar-refractivity contribution in [1.29, 1.82) is 0 Å². The molecular formula is C12H19FN4O. The lowest BCUT2D eigenvalue weighted by atomic mass is 10.3. The normalized spacial score (nSPS) is 20.3. The van der Waals surface area contributed by atoms with Crippen LogP contribution in [0.25, 0.3) is 0 Å². The van der Waals surface area contributed by atoms with E-state index in [-0.39, 0.29) is 6.10 Å². The third-order valence-electron chi connectivity index (χ3n) is 3.20. The predicted molar refractivity (Wildman–Crippen MR) is 66.9 cm³/mol. The molecule has 0 amide bonds. The summed E-state index contributed by atoms with van der Waals surface area (Å²) < 4.78 is 12.7. The lowest BCUT2D eigenvalue weighted by Gasteiger charge is -2.23. The molecule has 1 atom stereocenters. The third-order valence-corrected chi connectivity index (χ3v) is 3.20. The molecule has 0 spiro atoms. The highest BCUT2D eigenvalue weighted by atomic mass is 19.1. The van der Waals surface area contributed by atoms with Crippen molar-refractivity contribution in [1.82, 2.24) is 14.9 Å². The number of aliphatic hydroxyl groups excluding tert-OH is 1. The van der Waals surface area contributed by atoms with Gasteiger partial charge in [-0.25, -0.2) is 14.4 Å². The van der Waals surface area contributed by atoms with E-state index in [1.807, 2.05) is 11.8 Å². The highest BCUT2D eigenvalue weighted by Crippen LogP contribution is 2.10. The van der Waals surface area contributed by atoms with Crippen LogP contribution >= 0.6 is 0 Å². The van der Waals surface area contributed by atoms with Gasteiger partial charge in [-0.2, -0.15) is 0 Å². The summed E-state index contributed by atoms with van der Waals surface area (Å²) in [5.41, 5.74) is 0. The van der Waals surface area contributed by atoms with Gasteiger partial charge in [0.2, 0.25) is 5.95 Å². The van der Waals surface area contributed by atoms with Crippen molar-refractivity contribution in [3.05, 3.63) is 18.2 Å². The average molecular weight is 254 g/mol. The number of β-amino-alcohol motifs (C(OH)–C–C–N with tert-alkyl or cyclic N) is 1. The zero-order valence-electron chi connectivity index (χ0n) is 10.6. The fourth-order valence-corrected chi connectivity index (χ4v) is 2.15. The van der Waals surface area contributed by atoms with Crippen LogP contribution in [-0.2, 0) is 0 Å². The molecule has 0 aliphatic carbocycles. The molecule has 1 aliphatic heterocycles. The van der Waals surface area contributed by atoms with Gasteiger partial charge in [-0.15, -0.1) is 0 Å². The minimum absolute atomic E-state index is 0.192. The van der Waals surface area contributed by atoms with Crippen molar-refractivity contribution in [3.63, 3.8) is 0 Å². The van der Waals surface area contributed by atoms with Gasteiger partial charge in [-0.1, -0.05) is 0 Å². The maximum absolute atomic E-state index is 12.7. The zero-order valence-corrected chi connectivity index (χ0v) is 10.6. The lowest BCUT2D eigenvalue weighted by molar-refractivity contribution is 0.177. The molecule has 0 aromatic carbocycles. The monoisotopic (exact) mass is 254 g/mol. The van der Waals surface area contributed by atoms with E-state index in [2.05, 4.69) is 14.9 Å². The van der Waals surface area contributed by atoms with Crippen molar-refractivity contribution in [2.24, 2.45) is 0 Å². The summed E-state index contributed by atoms with van der Waals surface area (Å²) in [5.74, 6) is 0.135. The van der Waals surface area contributed by atoms with Gasteiger partial charge >= 0.3 is 0 Å². The van der Waals surface area contributed by atoms with E-state index in [1.54, 1.807) is 0 Å². The number of likely N-dealkylation sites (N-methyl/N-ethyl adjacent to an activating group) is 1. The number of aromatic nitrogens is 2. The minimum atomic E-state index is -0.419. The molecule has 2 heterocycles. The molecule has 0 radical (unpaired) electrons. The molecule has 2 rings (SSSR count). The first-order chi connectivity index (χ1) is 8.69. The van der Waals surface area contributed by atoms with Crippen LogP contribution in [0.4, 0.5) is 10.3 Å². The number of anilines is 1. The summed E-state index contributed by atoms with van der Waals surface area (Å²) in [7, 11) is 0. The van der Waals surface area contributed by atoms with E-state index in [4.69, 9.17) is 0 Å². The van der Waals surface area contributed by atoms with Gasteiger partial charge in [0, 0.05) is 32.7 Å². The Morgan fingerprint density at radius 2 is 2.22 bits per heavy atom. The first kappa shape index (κ1) is 13.2. The van der Waals surface area contributed by atoms with Gasteiger partial charge in [-0.05, 0) is 13.3 Å². The van der Waals surface area contributed by atoms with Crippen molar-refractivity contribution in [3.8, 4) is 0 Å². The number of hydrogen-bond donors (Lipinski definition) is 1. The Bertz CT molecular complexity index is 373. The molecule has 1 aromatic heterocycles. The van der Waals surface area contributed by atoms with Crippen LogP contribution in [0.2, 0.25) is 0 Å². The van der Waals surface area contributed by atoms with Gasteiger partial charge in [0.15, 0.2) is 5.82 Å². The van der Waals surface area contributed by atoms with E-state index in [1.165, 1.54) is 12.4 Å². The first-order valence-corrected chi connectivity index (χ1v) is 6.32. The minimum Gasteiger partial charge on any atom is -0.392 e. The SMILES string of the molecule is CCN(CCN1CCC(O)C1)c1ncc(F)cn1. The van der Waals surface area contributed by atoms with E-state index in [0.29, 0.717) is 5.95 Å². The Morgan fingerprint density at radius 3 is 2.78 bits per heavy atom. The predicted octanol–water partition coefficient (Wildman–Crippen LogP) is 0.509. The number of aliphatic hydroxyl groups is 1. The second-order valence-electron chi connectivity index (χ2n) is 4.52. The molecular weight excluding hydrogens is 235 g/mol. The number of likely N-dealkylation sites (tertiary alicyclic amines) is 1. The van der Waals surface area contributed by atoms with Gasteiger partial charge in [0.1, 0.15) is 0 Å². The number of hydrogen-bond acceptors (Lipinski definition) is 5. The second kappa shape index (κ2) is 6.06. The number of rotatable bonds is 5. The Labute approximate surface area is 106 Å². The smallest absolute Gasteiger partial charge is 0.225 e. The molecule has 0 bridgehead atoms.